The van der Waals surface area contributed by atoms with Crippen LogP contribution in [0.1, 0.15) is 42.7 Å². The van der Waals surface area contributed by atoms with Gasteiger partial charge in [0.1, 0.15) is 6.61 Å². The van der Waals surface area contributed by atoms with Crippen LogP contribution >= 0.6 is 0 Å². The Balaban J connectivity index is 1.07. The van der Waals surface area contributed by atoms with Crippen LogP contribution in [0.25, 0.3) is 11.1 Å². The molecular formula is C26H26N2O5. The zero-order valence-corrected chi connectivity index (χ0v) is 18.2. The van der Waals surface area contributed by atoms with Crippen LogP contribution in [0, 0.1) is 11.8 Å². The summed E-state index contributed by atoms with van der Waals surface area (Å²) in [5.41, 5.74) is 4.10. The molecular weight excluding hydrogens is 420 g/mol. The van der Waals surface area contributed by atoms with Gasteiger partial charge in [0.2, 0.25) is 5.91 Å². The standard InChI is InChI=1S/C26H26N2O5/c29-22(28-13-15-11-21(28)23(15)24(30)31)12-26(9-10-26)27-25(32)33-14-20-18-7-3-1-5-16(18)17-6-2-4-8-19(17)20/h1-8,15,20-21,23H,9-14H2,(H,27,32)(H,30,31). The van der Waals surface area contributed by atoms with Crippen molar-refractivity contribution in [2.24, 2.45) is 11.8 Å². The normalized spacial score (nSPS) is 25.6. The second kappa shape index (κ2) is 7.33. The molecule has 7 heteroatoms. The Bertz CT molecular complexity index is 1110. The number of aliphatic carboxylic acids is 1. The third-order valence-corrected chi connectivity index (χ3v) is 7.96. The summed E-state index contributed by atoms with van der Waals surface area (Å²) in [4.78, 5) is 38.6. The second-order valence-corrected chi connectivity index (χ2v) is 9.88. The predicted molar refractivity (Wildman–Crippen MR) is 120 cm³/mol. The van der Waals surface area contributed by atoms with Crippen molar-refractivity contribution in [2.45, 2.75) is 43.2 Å². The van der Waals surface area contributed by atoms with Crippen molar-refractivity contribution < 1.29 is 24.2 Å². The van der Waals surface area contributed by atoms with E-state index < -0.39 is 23.5 Å². The minimum atomic E-state index is -0.815. The number of amides is 2. The molecule has 2 N–H and O–H groups in total. The van der Waals surface area contributed by atoms with Gasteiger partial charge in [-0.3, -0.25) is 9.59 Å². The van der Waals surface area contributed by atoms with Crippen LogP contribution < -0.4 is 5.32 Å². The number of hydrogen-bond donors (Lipinski definition) is 2. The summed E-state index contributed by atoms with van der Waals surface area (Å²) in [6, 6.07) is 16.2. The van der Waals surface area contributed by atoms with Gasteiger partial charge in [0.25, 0.3) is 0 Å². The maximum Gasteiger partial charge on any atom is 0.407 e. The Kier molecular flexibility index (Phi) is 4.50. The van der Waals surface area contributed by atoms with Crippen LogP contribution in [-0.4, -0.2) is 52.7 Å². The van der Waals surface area contributed by atoms with Crippen molar-refractivity contribution in [2.75, 3.05) is 13.2 Å². The fourth-order valence-electron chi connectivity index (χ4n) is 6.01. The highest BCUT2D eigenvalue weighted by Crippen LogP contribution is 2.48. The molecule has 2 aliphatic heterocycles. The largest absolute Gasteiger partial charge is 0.481 e. The molecule has 2 amide bonds. The first-order valence-electron chi connectivity index (χ1n) is 11.6. The summed E-state index contributed by atoms with van der Waals surface area (Å²) in [6.07, 6.45) is 1.93. The lowest BCUT2D eigenvalue weighted by molar-refractivity contribution is -0.148. The average Bonchev–Trinajstić information content (AvgIpc) is 3.15. The van der Waals surface area contributed by atoms with Crippen molar-refractivity contribution in [3.05, 3.63) is 59.7 Å². The number of alkyl carbamates (subject to hydrolysis) is 1. The minimum absolute atomic E-state index is 0.00992. The third-order valence-electron chi connectivity index (χ3n) is 7.96. The summed E-state index contributed by atoms with van der Waals surface area (Å²) in [5, 5.41) is 12.3. The molecule has 7 rings (SSSR count). The topological polar surface area (TPSA) is 95.9 Å². The molecule has 2 saturated heterocycles. The summed E-state index contributed by atoms with van der Waals surface area (Å²) < 4.78 is 5.65. The number of carboxylic acids is 1. The second-order valence-electron chi connectivity index (χ2n) is 9.88. The highest BCUT2D eigenvalue weighted by atomic mass is 16.5. The molecule has 7 nitrogen and oxygen atoms in total. The molecule has 2 heterocycles. The van der Waals surface area contributed by atoms with Crippen molar-refractivity contribution in [3.63, 3.8) is 0 Å². The molecule has 2 saturated carbocycles. The van der Waals surface area contributed by atoms with E-state index >= 15 is 0 Å². The Hall–Kier alpha value is -3.35. The molecule has 0 aromatic heterocycles. The Morgan fingerprint density at radius 1 is 1.03 bits per heavy atom. The van der Waals surface area contributed by atoms with E-state index in [2.05, 4.69) is 29.6 Å². The van der Waals surface area contributed by atoms with E-state index in [0.29, 0.717) is 6.54 Å². The van der Waals surface area contributed by atoms with E-state index in [0.717, 1.165) is 30.4 Å². The zero-order chi connectivity index (χ0) is 22.7. The predicted octanol–water partition coefficient (Wildman–Crippen LogP) is 3.38. The van der Waals surface area contributed by atoms with Gasteiger partial charge < -0.3 is 20.1 Å². The number of ether oxygens (including phenoxy) is 1. The van der Waals surface area contributed by atoms with E-state index in [4.69, 9.17) is 4.74 Å². The lowest BCUT2D eigenvalue weighted by Crippen LogP contribution is -2.47. The molecule has 2 aromatic carbocycles. The number of benzene rings is 2. The summed E-state index contributed by atoms with van der Waals surface area (Å²) in [5.74, 6) is -1.25. The minimum Gasteiger partial charge on any atom is -0.481 e. The van der Waals surface area contributed by atoms with E-state index in [-0.39, 0.29) is 36.8 Å². The van der Waals surface area contributed by atoms with E-state index in [1.54, 1.807) is 4.90 Å². The number of nitrogens with one attached hydrogen (secondary N) is 1. The first-order chi connectivity index (χ1) is 16.0. The van der Waals surface area contributed by atoms with Crippen molar-refractivity contribution in [1.29, 1.82) is 0 Å². The number of nitrogens with zero attached hydrogens (tertiary/aromatic N) is 1. The highest BCUT2D eigenvalue weighted by molar-refractivity contribution is 5.83. The van der Waals surface area contributed by atoms with E-state index in [9.17, 15) is 19.5 Å². The van der Waals surface area contributed by atoms with Crippen LogP contribution in [-0.2, 0) is 14.3 Å². The van der Waals surface area contributed by atoms with Crippen molar-refractivity contribution >= 4 is 18.0 Å². The first-order valence-corrected chi connectivity index (χ1v) is 11.6. The molecule has 5 aliphatic rings. The smallest absolute Gasteiger partial charge is 0.407 e. The summed E-state index contributed by atoms with van der Waals surface area (Å²) >= 11 is 0. The van der Waals surface area contributed by atoms with Gasteiger partial charge in [-0.25, -0.2) is 4.79 Å². The van der Waals surface area contributed by atoms with Crippen LogP contribution in [0.5, 0.6) is 0 Å². The number of rotatable bonds is 6. The summed E-state index contributed by atoms with van der Waals surface area (Å²) in [7, 11) is 0. The number of fused-ring (bicyclic) bond motifs is 4. The molecule has 0 spiro atoms. The maximum absolute atomic E-state index is 12.9. The van der Waals surface area contributed by atoms with Gasteiger partial charge >= 0.3 is 12.1 Å². The van der Waals surface area contributed by atoms with Gasteiger partial charge in [0, 0.05) is 18.5 Å². The quantitative estimate of drug-likeness (QED) is 0.709. The maximum atomic E-state index is 12.9. The van der Waals surface area contributed by atoms with Gasteiger partial charge in [-0.1, -0.05) is 48.5 Å². The van der Waals surface area contributed by atoms with Crippen molar-refractivity contribution in [1.82, 2.24) is 10.2 Å². The Labute approximate surface area is 191 Å². The fraction of sp³-hybridized carbons (Fsp3) is 0.423. The van der Waals surface area contributed by atoms with Crippen LogP contribution in [0.3, 0.4) is 0 Å². The van der Waals surface area contributed by atoms with Crippen LogP contribution in [0.4, 0.5) is 4.79 Å². The van der Waals surface area contributed by atoms with Crippen LogP contribution in [0.2, 0.25) is 0 Å². The molecule has 3 unspecified atom stereocenters. The molecule has 4 fully saturated rings. The third kappa shape index (κ3) is 3.29. The monoisotopic (exact) mass is 446 g/mol. The number of carbonyl (C=O) groups excluding carboxylic acids is 2. The number of carbonyl (C=O) groups is 3. The Morgan fingerprint density at radius 2 is 1.67 bits per heavy atom. The van der Waals surface area contributed by atoms with Gasteiger partial charge in [-0.2, -0.15) is 0 Å². The lowest BCUT2D eigenvalue weighted by atomic mass is 9.74. The van der Waals surface area contributed by atoms with Gasteiger partial charge in [0.05, 0.1) is 17.9 Å². The van der Waals surface area contributed by atoms with Gasteiger partial charge in [0.15, 0.2) is 0 Å². The SMILES string of the molecule is O=C(NC1(CC(=O)N2CC3CC2C3C(=O)O)CC1)OCC1c2ccccc2-c2ccccc21. The van der Waals surface area contributed by atoms with Crippen molar-refractivity contribution in [3.8, 4) is 11.1 Å². The lowest BCUT2D eigenvalue weighted by Gasteiger charge is -2.33. The van der Waals surface area contributed by atoms with Gasteiger partial charge in [-0.05, 0) is 47.4 Å². The fourth-order valence-corrected chi connectivity index (χ4v) is 6.01. The van der Waals surface area contributed by atoms with Crippen LogP contribution in [0.15, 0.2) is 48.5 Å². The molecule has 33 heavy (non-hydrogen) atoms. The average molecular weight is 447 g/mol. The zero-order valence-electron chi connectivity index (χ0n) is 18.2. The molecule has 170 valence electrons. The first kappa shape index (κ1) is 20.3. The number of carboxylic acid groups (broad SMARTS) is 1. The Morgan fingerprint density at radius 3 is 2.24 bits per heavy atom. The number of hydrogen-bond acceptors (Lipinski definition) is 4. The molecule has 3 aliphatic carbocycles. The molecule has 3 atom stereocenters. The highest BCUT2D eigenvalue weighted by Gasteiger charge is 2.58. The molecule has 0 radical (unpaired) electrons. The summed E-state index contributed by atoms with van der Waals surface area (Å²) in [6.45, 7) is 0.752. The molecule has 2 aromatic rings. The van der Waals surface area contributed by atoms with Gasteiger partial charge in [-0.15, -0.1) is 0 Å². The molecule has 2 bridgehead atoms. The van der Waals surface area contributed by atoms with E-state index in [1.807, 2.05) is 24.3 Å². The van der Waals surface area contributed by atoms with E-state index in [1.165, 1.54) is 11.1 Å².